The number of hydrogen-bond donors (Lipinski definition) is 0. The van der Waals surface area contributed by atoms with Gasteiger partial charge in [-0.1, -0.05) is 69.4 Å². The van der Waals surface area contributed by atoms with Crippen LogP contribution in [0.15, 0.2) is 11.1 Å². The van der Waals surface area contributed by atoms with Gasteiger partial charge in [-0.25, -0.2) is 0 Å². The van der Waals surface area contributed by atoms with Crippen LogP contribution in [0, 0.1) is 23.7 Å². The Balaban J connectivity index is 1.80. The summed E-state index contributed by atoms with van der Waals surface area (Å²) in [5.41, 5.74) is 3.88. The van der Waals surface area contributed by atoms with E-state index in [9.17, 15) is 0 Å². The van der Waals surface area contributed by atoms with Gasteiger partial charge in [-0.2, -0.15) is 0 Å². The average Bonchev–Trinajstić information content (AvgIpc) is 2.57. The maximum Gasteiger partial charge on any atom is -0.0198 e. The van der Waals surface area contributed by atoms with Crippen molar-refractivity contribution in [3.63, 3.8) is 0 Å². The molecule has 3 aliphatic carbocycles. The van der Waals surface area contributed by atoms with Crippen LogP contribution in [0.3, 0.4) is 0 Å². The van der Waals surface area contributed by atoms with E-state index in [4.69, 9.17) is 0 Å². The molecule has 0 saturated heterocycles. The molecular weight excluding hydrogens is 264 g/mol. The minimum Gasteiger partial charge on any atom is -0.0705 e. The van der Waals surface area contributed by atoms with E-state index in [0.717, 1.165) is 23.7 Å². The van der Waals surface area contributed by atoms with E-state index in [1.165, 1.54) is 89.9 Å². The minimum absolute atomic E-state index is 0.940. The van der Waals surface area contributed by atoms with Crippen molar-refractivity contribution in [2.45, 2.75) is 104 Å². The molecule has 0 aromatic carbocycles. The maximum absolute atomic E-state index is 2.55. The SMILES string of the molecule is CC(=C(C1CCCCC1)C1CCCCC1)C1CCC(C)CC1. The Morgan fingerprint density at radius 1 is 0.545 bits per heavy atom. The van der Waals surface area contributed by atoms with Crippen LogP contribution in [-0.4, -0.2) is 0 Å². The maximum atomic E-state index is 2.55. The van der Waals surface area contributed by atoms with Crippen LogP contribution in [0.2, 0.25) is 0 Å². The molecule has 0 atom stereocenters. The average molecular weight is 303 g/mol. The van der Waals surface area contributed by atoms with Gasteiger partial charge in [-0.05, 0) is 69.1 Å². The molecule has 3 fully saturated rings. The van der Waals surface area contributed by atoms with Gasteiger partial charge in [-0.15, -0.1) is 0 Å². The van der Waals surface area contributed by atoms with Crippen LogP contribution in [0.4, 0.5) is 0 Å². The first-order valence-corrected chi connectivity index (χ1v) is 10.5. The third kappa shape index (κ3) is 3.98. The van der Waals surface area contributed by atoms with E-state index in [0.29, 0.717) is 0 Å². The van der Waals surface area contributed by atoms with Crippen LogP contribution in [0.5, 0.6) is 0 Å². The van der Waals surface area contributed by atoms with Gasteiger partial charge in [0.2, 0.25) is 0 Å². The van der Waals surface area contributed by atoms with Crippen molar-refractivity contribution in [1.29, 1.82) is 0 Å². The first-order chi connectivity index (χ1) is 10.8. The quantitative estimate of drug-likeness (QED) is 0.480. The van der Waals surface area contributed by atoms with Crippen molar-refractivity contribution in [3.8, 4) is 0 Å². The smallest absolute Gasteiger partial charge is 0.0198 e. The van der Waals surface area contributed by atoms with Crippen molar-refractivity contribution in [1.82, 2.24) is 0 Å². The zero-order chi connectivity index (χ0) is 15.4. The summed E-state index contributed by atoms with van der Waals surface area (Å²) in [5, 5.41) is 0. The second-order valence-electron chi connectivity index (χ2n) is 8.77. The summed E-state index contributed by atoms with van der Waals surface area (Å²) in [7, 11) is 0. The van der Waals surface area contributed by atoms with E-state index < -0.39 is 0 Å². The molecule has 0 spiro atoms. The number of rotatable bonds is 3. The summed E-state index contributed by atoms with van der Waals surface area (Å²) in [6.45, 7) is 5.01. The highest BCUT2D eigenvalue weighted by molar-refractivity contribution is 5.22. The van der Waals surface area contributed by atoms with Crippen molar-refractivity contribution in [3.05, 3.63) is 11.1 Å². The van der Waals surface area contributed by atoms with Crippen LogP contribution in [-0.2, 0) is 0 Å². The molecule has 0 amide bonds. The zero-order valence-electron chi connectivity index (χ0n) is 15.2. The molecule has 0 aliphatic heterocycles. The molecule has 0 aromatic heterocycles. The summed E-state index contributed by atoms with van der Waals surface area (Å²) >= 11 is 0. The topological polar surface area (TPSA) is 0 Å². The Kier molecular flexibility index (Phi) is 6.05. The van der Waals surface area contributed by atoms with Gasteiger partial charge in [-0.3, -0.25) is 0 Å². The van der Waals surface area contributed by atoms with E-state index in [-0.39, 0.29) is 0 Å². The molecule has 22 heavy (non-hydrogen) atoms. The standard InChI is InChI=1S/C22H38/c1-17-13-15-19(16-14-17)18(2)22(20-9-5-3-6-10-20)21-11-7-4-8-12-21/h17,19-21H,3-16H2,1-2H3. The van der Waals surface area contributed by atoms with Gasteiger partial charge in [0.1, 0.15) is 0 Å². The molecule has 126 valence electrons. The Morgan fingerprint density at radius 2 is 1.00 bits per heavy atom. The van der Waals surface area contributed by atoms with Gasteiger partial charge in [0.15, 0.2) is 0 Å². The lowest BCUT2D eigenvalue weighted by Gasteiger charge is -2.37. The molecule has 3 saturated carbocycles. The summed E-state index contributed by atoms with van der Waals surface area (Å²) in [6.07, 6.45) is 20.9. The molecule has 0 radical (unpaired) electrons. The molecule has 0 aromatic rings. The molecular formula is C22H38. The number of allylic oxidation sites excluding steroid dienone is 2. The lowest BCUT2D eigenvalue weighted by molar-refractivity contribution is 0.293. The fraction of sp³-hybridized carbons (Fsp3) is 0.909. The molecule has 0 heteroatoms. The first-order valence-electron chi connectivity index (χ1n) is 10.5. The van der Waals surface area contributed by atoms with E-state index in [1.807, 2.05) is 11.1 Å². The predicted octanol–water partition coefficient (Wildman–Crippen LogP) is 7.29. The molecule has 0 bridgehead atoms. The highest BCUT2D eigenvalue weighted by atomic mass is 14.4. The molecule has 0 N–H and O–H groups in total. The van der Waals surface area contributed by atoms with Crippen LogP contribution in [0.1, 0.15) is 104 Å². The van der Waals surface area contributed by atoms with Crippen LogP contribution in [0.25, 0.3) is 0 Å². The fourth-order valence-corrected chi connectivity index (χ4v) is 5.73. The Morgan fingerprint density at radius 3 is 1.45 bits per heavy atom. The predicted molar refractivity (Wildman–Crippen MR) is 97.0 cm³/mol. The third-order valence-corrected chi connectivity index (χ3v) is 7.17. The lowest BCUT2D eigenvalue weighted by Crippen LogP contribution is -2.23. The van der Waals surface area contributed by atoms with Gasteiger partial charge >= 0.3 is 0 Å². The summed E-state index contributed by atoms with van der Waals surface area (Å²) in [4.78, 5) is 0. The fourth-order valence-electron chi connectivity index (χ4n) is 5.73. The van der Waals surface area contributed by atoms with Crippen molar-refractivity contribution in [2.24, 2.45) is 23.7 Å². The highest BCUT2D eigenvalue weighted by Crippen LogP contribution is 2.44. The van der Waals surface area contributed by atoms with Gasteiger partial charge in [0, 0.05) is 0 Å². The zero-order valence-corrected chi connectivity index (χ0v) is 15.2. The minimum atomic E-state index is 0.940. The summed E-state index contributed by atoms with van der Waals surface area (Å²) < 4.78 is 0. The Hall–Kier alpha value is -0.260. The largest absolute Gasteiger partial charge is 0.0705 e. The van der Waals surface area contributed by atoms with E-state index in [1.54, 1.807) is 0 Å². The molecule has 0 heterocycles. The van der Waals surface area contributed by atoms with Crippen LogP contribution < -0.4 is 0 Å². The van der Waals surface area contributed by atoms with Crippen molar-refractivity contribution < 1.29 is 0 Å². The molecule has 0 nitrogen and oxygen atoms in total. The van der Waals surface area contributed by atoms with E-state index in [2.05, 4.69) is 13.8 Å². The summed E-state index contributed by atoms with van der Waals surface area (Å²) in [5.74, 6) is 3.86. The Bertz CT molecular complexity index is 337. The molecule has 3 aliphatic rings. The monoisotopic (exact) mass is 302 g/mol. The van der Waals surface area contributed by atoms with Gasteiger partial charge < -0.3 is 0 Å². The van der Waals surface area contributed by atoms with Crippen molar-refractivity contribution in [2.75, 3.05) is 0 Å². The molecule has 0 unspecified atom stereocenters. The third-order valence-electron chi connectivity index (χ3n) is 7.17. The number of hydrogen-bond acceptors (Lipinski definition) is 0. The lowest BCUT2D eigenvalue weighted by atomic mass is 9.68. The van der Waals surface area contributed by atoms with Gasteiger partial charge in [0.25, 0.3) is 0 Å². The second kappa shape index (κ2) is 8.02. The normalized spacial score (nSPS) is 31.9. The highest BCUT2D eigenvalue weighted by Gasteiger charge is 2.30. The van der Waals surface area contributed by atoms with Crippen molar-refractivity contribution >= 4 is 0 Å². The molecule has 3 rings (SSSR count). The van der Waals surface area contributed by atoms with E-state index >= 15 is 0 Å². The Labute approximate surface area is 139 Å². The first kappa shape index (κ1) is 16.6. The summed E-state index contributed by atoms with van der Waals surface area (Å²) in [6, 6.07) is 0. The second-order valence-corrected chi connectivity index (χ2v) is 8.77. The van der Waals surface area contributed by atoms with Crippen LogP contribution >= 0.6 is 0 Å². The van der Waals surface area contributed by atoms with Gasteiger partial charge in [0.05, 0.1) is 0 Å².